The fraction of sp³-hybridized carbons (Fsp3) is 0.231. The van der Waals surface area contributed by atoms with Gasteiger partial charge in [-0.3, -0.25) is 9.08 Å². The van der Waals surface area contributed by atoms with Crippen molar-refractivity contribution in [1.29, 1.82) is 0 Å². The molecule has 0 aliphatic rings. The van der Waals surface area contributed by atoms with E-state index < -0.39 is 0 Å². The number of hydrogen-bond donors (Lipinski definition) is 1. The molecule has 0 unspecified atom stereocenters. The van der Waals surface area contributed by atoms with E-state index >= 15 is 0 Å². The smallest absolute Gasteiger partial charge is 0.138 e. The Labute approximate surface area is 105 Å². The summed E-state index contributed by atoms with van der Waals surface area (Å²) in [7, 11) is 0. The van der Waals surface area contributed by atoms with Crippen LogP contribution in [0.2, 0.25) is 0 Å². The highest BCUT2D eigenvalue weighted by atomic mass is 15.3. The maximum atomic E-state index is 4.26. The highest BCUT2D eigenvalue weighted by Crippen LogP contribution is 2.10. The van der Waals surface area contributed by atoms with Gasteiger partial charge in [-0.1, -0.05) is 6.07 Å². The van der Waals surface area contributed by atoms with E-state index in [1.165, 1.54) is 5.56 Å². The van der Waals surface area contributed by atoms with Crippen molar-refractivity contribution in [3.8, 4) is 0 Å². The Balaban J connectivity index is 1.68. The van der Waals surface area contributed by atoms with Gasteiger partial charge in [0.2, 0.25) is 0 Å². The van der Waals surface area contributed by atoms with Gasteiger partial charge in [0.25, 0.3) is 0 Å². The van der Waals surface area contributed by atoms with Gasteiger partial charge in [-0.25, -0.2) is 4.98 Å². The fourth-order valence-electron chi connectivity index (χ4n) is 1.98. The predicted octanol–water partition coefficient (Wildman–Crippen LogP) is 1.95. The van der Waals surface area contributed by atoms with Crippen molar-refractivity contribution in [2.75, 3.05) is 11.9 Å². The van der Waals surface area contributed by atoms with Gasteiger partial charge in [0.15, 0.2) is 0 Å². The van der Waals surface area contributed by atoms with Crippen molar-refractivity contribution in [1.82, 2.24) is 19.2 Å². The molecule has 0 atom stereocenters. The van der Waals surface area contributed by atoms with Crippen molar-refractivity contribution in [3.63, 3.8) is 0 Å². The standard InChI is InChI=1S/C13H15N5/c1-11-9-16-17(10-11)7-5-14-12-3-2-4-13-15-6-8-18(12)13/h2-4,6,8-10,14H,5,7H2,1H3. The third-order valence-corrected chi connectivity index (χ3v) is 2.84. The second kappa shape index (κ2) is 4.52. The van der Waals surface area contributed by atoms with E-state index in [9.17, 15) is 0 Å². The maximum Gasteiger partial charge on any atom is 0.138 e. The summed E-state index contributed by atoms with van der Waals surface area (Å²) in [5.74, 6) is 1.05. The van der Waals surface area contributed by atoms with Crippen LogP contribution in [0.15, 0.2) is 43.0 Å². The average molecular weight is 241 g/mol. The second-order valence-electron chi connectivity index (χ2n) is 4.27. The van der Waals surface area contributed by atoms with Gasteiger partial charge < -0.3 is 5.32 Å². The number of aromatic nitrogens is 4. The molecule has 0 spiro atoms. The number of nitrogens with one attached hydrogen (secondary N) is 1. The minimum atomic E-state index is 0.832. The summed E-state index contributed by atoms with van der Waals surface area (Å²) in [5, 5.41) is 7.65. The Morgan fingerprint density at radius 3 is 3.11 bits per heavy atom. The molecule has 0 fully saturated rings. The fourth-order valence-corrected chi connectivity index (χ4v) is 1.98. The molecule has 1 N–H and O–H groups in total. The molecule has 3 aromatic heterocycles. The van der Waals surface area contributed by atoms with E-state index in [2.05, 4.69) is 15.4 Å². The Morgan fingerprint density at radius 2 is 2.28 bits per heavy atom. The number of fused-ring (bicyclic) bond motifs is 1. The van der Waals surface area contributed by atoms with Gasteiger partial charge in [0.05, 0.1) is 12.7 Å². The van der Waals surface area contributed by atoms with Gasteiger partial charge >= 0.3 is 0 Å². The largest absolute Gasteiger partial charge is 0.369 e. The number of pyridine rings is 1. The highest BCUT2D eigenvalue weighted by Gasteiger charge is 1.99. The Bertz CT molecular complexity index is 652. The summed E-state index contributed by atoms with van der Waals surface area (Å²) in [5.41, 5.74) is 2.14. The Morgan fingerprint density at radius 1 is 1.33 bits per heavy atom. The molecule has 0 saturated carbocycles. The van der Waals surface area contributed by atoms with Crippen LogP contribution in [-0.4, -0.2) is 25.7 Å². The summed E-state index contributed by atoms with van der Waals surface area (Å²) in [6.07, 6.45) is 7.67. The maximum absolute atomic E-state index is 4.26. The quantitative estimate of drug-likeness (QED) is 0.759. The summed E-state index contributed by atoms with van der Waals surface area (Å²) in [6, 6.07) is 6.04. The van der Waals surface area contributed by atoms with Crippen molar-refractivity contribution < 1.29 is 0 Å². The molecular weight excluding hydrogens is 226 g/mol. The van der Waals surface area contributed by atoms with Crippen molar-refractivity contribution in [3.05, 3.63) is 48.5 Å². The molecule has 0 amide bonds. The molecule has 0 aromatic carbocycles. The van der Waals surface area contributed by atoms with Crippen LogP contribution in [-0.2, 0) is 6.54 Å². The molecule has 5 heteroatoms. The zero-order chi connectivity index (χ0) is 12.4. The third-order valence-electron chi connectivity index (χ3n) is 2.84. The molecule has 0 aliphatic heterocycles. The normalized spacial score (nSPS) is 10.9. The molecule has 0 radical (unpaired) electrons. The SMILES string of the molecule is Cc1cnn(CCNc2cccc3nccn23)c1. The van der Waals surface area contributed by atoms with Crippen LogP contribution in [0.25, 0.3) is 5.65 Å². The van der Waals surface area contributed by atoms with Crippen LogP contribution in [0.4, 0.5) is 5.82 Å². The number of aryl methyl sites for hydroxylation is 1. The van der Waals surface area contributed by atoms with E-state index in [1.54, 1.807) is 6.20 Å². The molecule has 3 rings (SSSR count). The third kappa shape index (κ3) is 2.07. The number of anilines is 1. The highest BCUT2D eigenvalue weighted by molar-refractivity contribution is 5.49. The first-order chi connectivity index (χ1) is 8.83. The number of imidazole rings is 1. The zero-order valence-electron chi connectivity index (χ0n) is 10.2. The Kier molecular flexibility index (Phi) is 2.72. The lowest BCUT2D eigenvalue weighted by Crippen LogP contribution is -2.12. The van der Waals surface area contributed by atoms with Gasteiger partial charge in [-0.05, 0) is 24.6 Å². The molecule has 0 aliphatic carbocycles. The molecule has 92 valence electrons. The van der Waals surface area contributed by atoms with Crippen molar-refractivity contribution in [2.24, 2.45) is 0 Å². The summed E-state index contributed by atoms with van der Waals surface area (Å²) in [6.45, 7) is 3.72. The lowest BCUT2D eigenvalue weighted by molar-refractivity contribution is 0.636. The molecule has 0 saturated heterocycles. The number of nitrogens with zero attached hydrogens (tertiary/aromatic N) is 4. The lowest BCUT2D eigenvalue weighted by atomic mass is 10.4. The Hall–Kier alpha value is -2.30. The average Bonchev–Trinajstić information content (AvgIpc) is 2.98. The summed E-state index contributed by atoms with van der Waals surface area (Å²) < 4.78 is 3.98. The first-order valence-corrected chi connectivity index (χ1v) is 5.98. The van der Waals surface area contributed by atoms with E-state index in [-0.39, 0.29) is 0 Å². The molecule has 5 nitrogen and oxygen atoms in total. The lowest BCUT2D eigenvalue weighted by Gasteiger charge is -2.08. The first kappa shape index (κ1) is 10.8. The van der Waals surface area contributed by atoms with Gasteiger partial charge in [0.1, 0.15) is 11.5 Å². The van der Waals surface area contributed by atoms with Crippen molar-refractivity contribution >= 4 is 11.5 Å². The second-order valence-corrected chi connectivity index (χ2v) is 4.27. The molecular formula is C13H15N5. The molecule has 0 bridgehead atoms. The number of rotatable bonds is 4. The van der Waals surface area contributed by atoms with E-state index in [0.717, 1.165) is 24.6 Å². The van der Waals surface area contributed by atoms with Gasteiger partial charge in [-0.15, -0.1) is 0 Å². The monoisotopic (exact) mass is 241 g/mol. The van der Waals surface area contributed by atoms with Crippen molar-refractivity contribution in [2.45, 2.75) is 13.5 Å². The van der Waals surface area contributed by atoms with E-state index in [4.69, 9.17) is 0 Å². The zero-order valence-corrected chi connectivity index (χ0v) is 10.2. The van der Waals surface area contributed by atoms with Crippen LogP contribution in [0.3, 0.4) is 0 Å². The predicted molar refractivity (Wildman–Crippen MR) is 70.6 cm³/mol. The van der Waals surface area contributed by atoms with Crippen LogP contribution in [0.1, 0.15) is 5.56 Å². The van der Waals surface area contributed by atoms with Crippen LogP contribution in [0.5, 0.6) is 0 Å². The van der Waals surface area contributed by atoms with E-state index in [1.807, 2.05) is 52.8 Å². The van der Waals surface area contributed by atoms with Gasteiger partial charge in [0, 0.05) is 25.1 Å². The van der Waals surface area contributed by atoms with E-state index in [0.29, 0.717) is 0 Å². The number of hydrogen-bond acceptors (Lipinski definition) is 3. The van der Waals surface area contributed by atoms with Crippen LogP contribution in [0, 0.1) is 6.92 Å². The first-order valence-electron chi connectivity index (χ1n) is 5.98. The summed E-state index contributed by atoms with van der Waals surface area (Å²) in [4.78, 5) is 4.25. The molecule has 18 heavy (non-hydrogen) atoms. The van der Waals surface area contributed by atoms with Crippen LogP contribution < -0.4 is 5.32 Å². The van der Waals surface area contributed by atoms with Gasteiger partial charge in [-0.2, -0.15) is 5.10 Å². The minimum absolute atomic E-state index is 0.832. The topological polar surface area (TPSA) is 47.2 Å². The minimum Gasteiger partial charge on any atom is -0.369 e. The molecule has 3 heterocycles. The summed E-state index contributed by atoms with van der Waals surface area (Å²) >= 11 is 0. The molecule has 3 aromatic rings. The van der Waals surface area contributed by atoms with Crippen LogP contribution >= 0.6 is 0 Å².